The van der Waals surface area contributed by atoms with E-state index in [0.717, 1.165) is 28.8 Å². The molecule has 5 rings (SSSR count). The predicted molar refractivity (Wildman–Crippen MR) is 128 cm³/mol. The van der Waals surface area contributed by atoms with E-state index in [-0.39, 0.29) is 24.5 Å². The summed E-state index contributed by atoms with van der Waals surface area (Å²) in [6.45, 7) is 0.636. The third kappa shape index (κ3) is 4.98. The van der Waals surface area contributed by atoms with E-state index in [0.29, 0.717) is 18.0 Å². The summed E-state index contributed by atoms with van der Waals surface area (Å²) in [5.74, 6) is 0.116. The molecule has 0 saturated carbocycles. The molecule has 1 N–H and O–H groups in total. The van der Waals surface area contributed by atoms with E-state index < -0.39 is 23.6 Å². The number of aromatic hydroxyl groups is 1. The van der Waals surface area contributed by atoms with Crippen LogP contribution in [0.3, 0.4) is 0 Å². The van der Waals surface area contributed by atoms with Crippen molar-refractivity contribution in [1.82, 2.24) is 9.88 Å². The first-order valence-corrected chi connectivity index (χ1v) is 11.3. The van der Waals surface area contributed by atoms with Crippen LogP contribution in [-0.4, -0.2) is 20.9 Å². The third-order valence-corrected chi connectivity index (χ3v) is 5.88. The Morgan fingerprint density at radius 3 is 2.44 bits per heavy atom. The lowest BCUT2D eigenvalue weighted by Crippen LogP contribution is -2.26. The first-order chi connectivity index (χ1) is 17.5. The molecule has 3 aromatic carbocycles. The maximum absolute atomic E-state index is 13.5. The molecule has 0 bridgehead atoms. The molecule has 1 amide bonds. The van der Waals surface area contributed by atoms with Gasteiger partial charge < -0.3 is 19.5 Å². The molecule has 0 fully saturated rings. The smallest absolute Gasteiger partial charge is 0.264 e. The molecular formula is C28H22F2N2O4. The molecule has 4 aromatic rings. The topological polar surface area (TPSA) is 71.9 Å². The number of alkyl halides is 2. The summed E-state index contributed by atoms with van der Waals surface area (Å²) in [6, 6.07) is 20.2. The second-order valence-electron chi connectivity index (χ2n) is 8.36. The average molecular weight is 488 g/mol. The van der Waals surface area contributed by atoms with Gasteiger partial charge in [-0.3, -0.25) is 9.78 Å². The number of rotatable bonds is 7. The molecule has 0 aliphatic carbocycles. The Balaban J connectivity index is 1.38. The molecule has 2 heterocycles. The summed E-state index contributed by atoms with van der Waals surface area (Å²) < 4.78 is 38.5. The van der Waals surface area contributed by atoms with Gasteiger partial charge in [0.1, 0.15) is 35.2 Å². The molecule has 0 unspecified atom stereocenters. The van der Waals surface area contributed by atoms with Gasteiger partial charge in [-0.1, -0.05) is 36.4 Å². The van der Waals surface area contributed by atoms with Crippen molar-refractivity contribution >= 4 is 5.91 Å². The number of hydrogen-bond acceptors (Lipinski definition) is 5. The van der Waals surface area contributed by atoms with Crippen LogP contribution in [-0.2, 0) is 19.7 Å². The van der Waals surface area contributed by atoms with Crippen molar-refractivity contribution in [3.63, 3.8) is 0 Å². The SMILES string of the molecule is O=C(c1c(O)cc(C(F)F)cc1OCc1ccccc1)N1Cc2ccc(Oc3ccncc3)cc2C1. The zero-order valence-electron chi connectivity index (χ0n) is 19.1. The maximum Gasteiger partial charge on any atom is 0.264 e. The number of nitrogens with zero attached hydrogens (tertiary/aromatic N) is 2. The zero-order chi connectivity index (χ0) is 25.1. The van der Waals surface area contributed by atoms with Crippen molar-refractivity contribution in [2.24, 2.45) is 0 Å². The zero-order valence-corrected chi connectivity index (χ0v) is 19.1. The van der Waals surface area contributed by atoms with E-state index in [9.17, 15) is 18.7 Å². The van der Waals surface area contributed by atoms with Gasteiger partial charge in [0.05, 0.1) is 0 Å². The highest BCUT2D eigenvalue weighted by Crippen LogP contribution is 2.37. The van der Waals surface area contributed by atoms with Gasteiger partial charge in [-0.05, 0) is 53.1 Å². The van der Waals surface area contributed by atoms with Crippen LogP contribution in [0.2, 0.25) is 0 Å². The molecule has 1 aliphatic heterocycles. The Morgan fingerprint density at radius 2 is 1.69 bits per heavy atom. The molecule has 6 nitrogen and oxygen atoms in total. The van der Waals surface area contributed by atoms with Gasteiger partial charge in [-0.15, -0.1) is 0 Å². The first kappa shape index (κ1) is 23.3. The van der Waals surface area contributed by atoms with Crippen molar-refractivity contribution in [3.05, 3.63) is 113 Å². The predicted octanol–water partition coefficient (Wildman–Crippen LogP) is 6.25. The summed E-state index contributed by atoms with van der Waals surface area (Å²) in [5.41, 5.74) is 2.06. The van der Waals surface area contributed by atoms with Gasteiger partial charge in [0.15, 0.2) is 0 Å². The standard InChI is InChI=1S/C28H22F2N2O4/c29-27(30)20-13-24(33)26(25(14-20)35-17-18-4-2-1-3-5-18)28(34)32-15-19-6-7-23(12-21(19)16-32)36-22-8-10-31-11-9-22/h1-14,27,33H,15-17H2. The number of phenols is 1. The summed E-state index contributed by atoms with van der Waals surface area (Å²) in [5, 5.41) is 10.6. The molecule has 0 atom stereocenters. The molecule has 1 aliphatic rings. The number of aromatic nitrogens is 1. The summed E-state index contributed by atoms with van der Waals surface area (Å²) in [4.78, 5) is 19.0. The fourth-order valence-corrected chi connectivity index (χ4v) is 4.09. The molecule has 0 saturated heterocycles. The van der Waals surface area contributed by atoms with Crippen molar-refractivity contribution in [2.75, 3.05) is 0 Å². The number of hydrogen-bond donors (Lipinski definition) is 1. The molecule has 0 spiro atoms. The first-order valence-electron chi connectivity index (χ1n) is 11.3. The van der Waals surface area contributed by atoms with Crippen LogP contribution in [0, 0.1) is 0 Å². The van der Waals surface area contributed by atoms with E-state index in [4.69, 9.17) is 9.47 Å². The van der Waals surface area contributed by atoms with Crippen LogP contribution < -0.4 is 9.47 Å². The minimum atomic E-state index is -2.83. The van der Waals surface area contributed by atoms with Gasteiger partial charge in [-0.2, -0.15) is 0 Å². The van der Waals surface area contributed by atoms with Crippen molar-refractivity contribution in [1.29, 1.82) is 0 Å². The van der Waals surface area contributed by atoms with Crippen molar-refractivity contribution in [2.45, 2.75) is 26.1 Å². The second-order valence-corrected chi connectivity index (χ2v) is 8.36. The summed E-state index contributed by atoms with van der Waals surface area (Å²) in [6.07, 6.45) is 0.438. The molecule has 0 radical (unpaired) electrons. The van der Waals surface area contributed by atoms with Gasteiger partial charge >= 0.3 is 0 Å². The highest BCUT2D eigenvalue weighted by atomic mass is 19.3. The van der Waals surface area contributed by atoms with E-state index >= 15 is 0 Å². The van der Waals surface area contributed by atoms with Crippen LogP contribution in [0.15, 0.2) is 85.2 Å². The molecule has 1 aromatic heterocycles. The number of carbonyl (C=O) groups excluding carboxylic acids is 1. The number of ether oxygens (including phenoxy) is 2. The Hall–Kier alpha value is -4.46. The lowest BCUT2D eigenvalue weighted by molar-refractivity contribution is 0.0742. The largest absolute Gasteiger partial charge is 0.507 e. The molecular weight excluding hydrogens is 466 g/mol. The number of halogens is 2. The fourth-order valence-electron chi connectivity index (χ4n) is 4.09. The van der Waals surface area contributed by atoms with Crippen molar-refractivity contribution < 1.29 is 28.2 Å². The quantitative estimate of drug-likeness (QED) is 0.333. The van der Waals surface area contributed by atoms with Crippen LogP contribution >= 0.6 is 0 Å². The van der Waals surface area contributed by atoms with E-state index in [1.165, 1.54) is 4.90 Å². The molecule has 36 heavy (non-hydrogen) atoms. The van der Waals surface area contributed by atoms with E-state index in [1.54, 1.807) is 24.5 Å². The Labute approximate surface area is 206 Å². The Bertz CT molecular complexity index is 1380. The summed E-state index contributed by atoms with van der Waals surface area (Å²) >= 11 is 0. The van der Waals surface area contributed by atoms with Gasteiger partial charge in [0.2, 0.25) is 0 Å². The Morgan fingerprint density at radius 1 is 0.944 bits per heavy atom. The van der Waals surface area contributed by atoms with Crippen LogP contribution in [0.4, 0.5) is 8.78 Å². The fraction of sp³-hybridized carbons (Fsp3) is 0.143. The number of benzene rings is 3. The van der Waals surface area contributed by atoms with Crippen molar-refractivity contribution in [3.8, 4) is 23.0 Å². The number of pyridine rings is 1. The average Bonchev–Trinajstić information content (AvgIpc) is 3.31. The third-order valence-electron chi connectivity index (χ3n) is 5.88. The number of carbonyl (C=O) groups is 1. The normalized spacial score (nSPS) is 12.5. The van der Waals surface area contributed by atoms with Gasteiger partial charge in [-0.25, -0.2) is 8.78 Å². The number of amides is 1. The van der Waals surface area contributed by atoms with E-state index in [1.807, 2.05) is 48.5 Å². The minimum absolute atomic E-state index is 0.0587. The van der Waals surface area contributed by atoms with E-state index in [2.05, 4.69) is 4.98 Å². The van der Waals surface area contributed by atoms with Gasteiger partial charge in [0.25, 0.3) is 12.3 Å². The van der Waals surface area contributed by atoms with Crippen LogP contribution in [0.5, 0.6) is 23.0 Å². The molecule has 8 heteroatoms. The Kier molecular flexibility index (Phi) is 6.49. The number of fused-ring (bicyclic) bond motifs is 1. The number of phenolic OH excluding ortho intramolecular Hbond substituents is 1. The van der Waals surface area contributed by atoms with Crippen LogP contribution in [0.25, 0.3) is 0 Å². The molecule has 182 valence electrons. The monoisotopic (exact) mass is 488 g/mol. The maximum atomic E-state index is 13.5. The second kappa shape index (κ2) is 10.0. The summed E-state index contributed by atoms with van der Waals surface area (Å²) in [7, 11) is 0. The highest BCUT2D eigenvalue weighted by Gasteiger charge is 2.30. The highest BCUT2D eigenvalue weighted by molar-refractivity contribution is 6.00. The minimum Gasteiger partial charge on any atom is -0.507 e. The lowest BCUT2D eigenvalue weighted by Gasteiger charge is -2.20. The van der Waals surface area contributed by atoms with Gasteiger partial charge in [0, 0.05) is 31.0 Å². The van der Waals surface area contributed by atoms with Crippen LogP contribution in [0.1, 0.15) is 39.0 Å². The lowest BCUT2D eigenvalue weighted by atomic mass is 10.1.